The van der Waals surface area contributed by atoms with Gasteiger partial charge in [-0.1, -0.05) is 6.07 Å². The highest BCUT2D eigenvalue weighted by Gasteiger charge is 2.09. The topological polar surface area (TPSA) is 75.6 Å². The van der Waals surface area contributed by atoms with Crippen molar-refractivity contribution in [1.29, 1.82) is 5.26 Å². The molecule has 0 spiro atoms. The van der Waals surface area contributed by atoms with Crippen LogP contribution in [0.1, 0.15) is 19.2 Å². The zero-order chi connectivity index (χ0) is 15.4. The quantitative estimate of drug-likeness (QED) is 0.881. The fourth-order valence-electron chi connectivity index (χ4n) is 2.04. The van der Waals surface area contributed by atoms with Crippen molar-refractivity contribution in [2.24, 2.45) is 0 Å². The molecule has 0 saturated heterocycles. The number of amides is 1. The second kappa shape index (κ2) is 6.33. The molecule has 0 aliphatic heterocycles. The molecule has 7 heteroatoms. The summed E-state index contributed by atoms with van der Waals surface area (Å²) >= 11 is 5.41. The van der Waals surface area contributed by atoms with Crippen LogP contribution in [-0.2, 0) is 11.3 Å². The third kappa shape index (κ3) is 3.35. The summed E-state index contributed by atoms with van der Waals surface area (Å²) in [6.07, 6.45) is 0.358. The third-order valence-electron chi connectivity index (χ3n) is 2.86. The molecule has 0 aliphatic rings. The lowest BCUT2D eigenvalue weighted by Crippen LogP contribution is -2.06. The predicted molar refractivity (Wildman–Crippen MR) is 81.7 cm³/mol. The number of aromatic nitrogens is 3. The number of carbonyl (C=O) groups excluding carboxylic acids is 1. The van der Waals surface area contributed by atoms with Gasteiger partial charge in [0.25, 0.3) is 0 Å². The van der Waals surface area contributed by atoms with Gasteiger partial charge in [-0.25, -0.2) is 4.68 Å². The van der Waals surface area contributed by atoms with Crippen molar-refractivity contribution in [3.05, 3.63) is 34.9 Å². The molecule has 0 atom stereocenters. The largest absolute Gasteiger partial charge is 0.326 e. The highest BCUT2D eigenvalue weighted by atomic mass is 32.1. The molecular formula is C14H15N5OS. The van der Waals surface area contributed by atoms with E-state index in [4.69, 9.17) is 17.5 Å². The molecule has 0 fully saturated rings. The van der Waals surface area contributed by atoms with E-state index >= 15 is 0 Å². The Labute approximate surface area is 127 Å². The number of nitrogens with zero attached hydrogens (tertiary/aromatic N) is 4. The first-order chi connectivity index (χ1) is 10.0. The molecule has 1 aromatic carbocycles. The second-order valence-electron chi connectivity index (χ2n) is 4.53. The van der Waals surface area contributed by atoms with E-state index in [-0.39, 0.29) is 5.91 Å². The second-order valence-corrected chi connectivity index (χ2v) is 4.89. The van der Waals surface area contributed by atoms with E-state index in [1.807, 2.05) is 35.8 Å². The normalized spacial score (nSPS) is 10.1. The maximum absolute atomic E-state index is 11.1. The summed E-state index contributed by atoms with van der Waals surface area (Å²) in [4.78, 5) is 11.1. The standard InChI is InChI=1S/C14H15N5OS/c1-10-17-18(8-4-7-15)14(21)19(10)13-6-3-5-12(9-13)16-11(2)20/h3,5-6,9H,4,8H2,1-2H3,(H,16,20). The number of benzene rings is 1. The van der Waals surface area contributed by atoms with Gasteiger partial charge in [0.15, 0.2) is 0 Å². The number of anilines is 1. The summed E-state index contributed by atoms with van der Waals surface area (Å²) in [5, 5.41) is 15.7. The van der Waals surface area contributed by atoms with E-state index in [2.05, 4.69) is 16.5 Å². The Kier molecular flexibility index (Phi) is 4.50. The van der Waals surface area contributed by atoms with E-state index in [1.54, 1.807) is 4.68 Å². The Morgan fingerprint density at radius 2 is 2.29 bits per heavy atom. The first-order valence-electron chi connectivity index (χ1n) is 6.44. The summed E-state index contributed by atoms with van der Waals surface area (Å²) < 4.78 is 3.99. The number of nitrogens with one attached hydrogen (secondary N) is 1. The molecular weight excluding hydrogens is 286 g/mol. The molecule has 1 heterocycles. The van der Waals surface area contributed by atoms with Crippen LogP contribution in [0.2, 0.25) is 0 Å². The minimum Gasteiger partial charge on any atom is -0.326 e. The zero-order valence-corrected chi connectivity index (χ0v) is 12.6. The van der Waals surface area contributed by atoms with Crippen LogP contribution in [-0.4, -0.2) is 20.3 Å². The van der Waals surface area contributed by atoms with Crippen LogP contribution in [0.3, 0.4) is 0 Å². The van der Waals surface area contributed by atoms with Gasteiger partial charge in [-0.3, -0.25) is 9.36 Å². The molecule has 108 valence electrons. The van der Waals surface area contributed by atoms with Gasteiger partial charge in [-0.05, 0) is 37.3 Å². The maximum Gasteiger partial charge on any atom is 0.221 e. The van der Waals surface area contributed by atoms with Crippen molar-refractivity contribution in [3.8, 4) is 11.8 Å². The zero-order valence-electron chi connectivity index (χ0n) is 11.8. The van der Waals surface area contributed by atoms with Gasteiger partial charge < -0.3 is 5.32 Å². The van der Waals surface area contributed by atoms with E-state index < -0.39 is 0 Å². The molecule has 0 aliphatic carbocycles. The fourth-order valence-corrected chi connectivity index (χ4v) is 2.41. The summed E-state index contributed by atoms with van der Waals surface area (Å²) in [5.41, 5.74) is 1.53. The summed E-state index contributed by atoms with van der Waals surface area (Å²) in [7, 11) is 0. The van der Waals surface area contributed by atoms with Crippen LogP contribution in [0, 0.1) is 23.0 Å². The highest BCUT2D eigenvalue weighted by molar-refractivity contribution is 7.71. The smallest absolute Gasteiger partial charge is 0.221 e. The first-order valence-corrected chi connectivity index (χ1v) is 6.85. The van der Waals surface area contributed by atoms with Gasteiger partial charge in [0.05, 0.1) is 24.7 Å². The van der Waals surface area contributed by atoms with Crippen LogP contribution >= 0.6 is 12.2 Å². The lowest BCUT2D eigenvalue weighted by Gasteiger charge is -2.07. The van der Waals surface area contributed by atoms with Crippen molar-refractivity contribution in [2.75, 3.05) is 5.32 Å². The Hall–Kier alpha value is -2.46. The Balaban J connectivity index is 2.43. The van der Waals surface area contributed by atoms with Gasteiger partial charge in [-0.2, -0.15) is 10.4 Å². The van der Waals surface area contributed by atoms with E-state index in [0.29, 0.717) is 23.4 Å². The lowest BCUT2D eigenvalue weighted by atomic mass is 10.2. The predicted octanol–water partition coefficient (Wildman–Crippen LogP) is 2.58. The molecule has 21 heavy (non-hydrogen) atoms. The monoisotopic (exact) mass is 301 g/mol. The van der Waals surface area contributed by atoms with Gasteiger partial charge in [0, 0.05) is 12.6 Å². The molecule has 2 aromatic rings. The molecule has 0 bridgehead atoms. The summed E-state index contributed by atoms with van der Waals surface area (Å²) in [6.45, 7) is 3.78. The van der Waals surface area contributed by atoms with E-state index in [1.165, 1.54) is 6.92 Å². The van der Waals surface area contributed by atoms with Gasteiger partial charge in [0.1, 0.15) is 5.82 Å². The number of rotatable bonds is 4. The molecule has 0 unspecified atom stereocenters. The average molecular weight is 301 g/mol. The SMILES string of the molecule is CC(=O)Nc1cccc(-n2c(C)nn(CCC#N)c2=S)c1. The number of carbonyl (C=O) groups is 1. The number of hydrogen-bond acceptors (Lipinski definition) is 4. The van der Waals surface area contributed by atoms with Crippen molar-refractivity contribution in [1.82, 2.24) is 14.3 Å². The maximum atomic E-state index is 11.1. The van der Waals surface area contributed by atoms with Crippen molar-refractivity contribution in [2.45, 2.75) is 26.8 Å². The fraction of sp³-hybridized carbons (Fsp3) is 0.286. The van der Waals surface area contributed by atoms with Crippen molar-refractivity contribution >= 4 is 23.8 Å². The van der Waals surface area contributed by atoms with Gasteiger partial charge in [0.2, 0.25) is 10.7 Å². The van der Waals surface area contributed by atoms with Gasteiger partial charge >= 0.3 is 0 Å². The first kappa shape index (κ1) is 14.9. The molecule has 6 nitrogen and oxygen atoms in total. The van der Waals surface area contributed by atoms with Crippen LogP contribution in [0.4, 0.5) is 5.69 Å². The van der Waals surface area contributed by atoms with Crippen LogP contribution in [0.5, 0.6) is 0 Å². The number of hydrogen-bond donors (Lipinski definition) is 1. The number of nitriles is 1. The summed E-state index contributed by atoms with van der Waals surface area (Å²) in [6, 6.07) is 9.46. The molecule has 0 saturated carbocycles. The molecule has 2 rings (SSSR count). The Morgan fingerprint density at radius 1 is 1.52 bits per heavy atom. The molecule has 1 aromatic heterocycles. The molecule has 1 N–H and O–H groups in total. The Morgan fingerprint density at radius 3 is 2.95 bits per heavy atom. The van der Waals surface area contributed by atoms with Crippen LogP contribution in [0.25, 0.3) is 5.69 Å². The Bertz CT molecular complexity index is 768. The number of aryl methyl sites for hydroxylation is 2. The van der Waals surface area contributed by atoms with Gasteiger partial charge in [-0.15, -0.1) is 0 Å². The average Bonchev–Trinajstić information content (AvgIpc) is 2.70. The third-order valence-corrected chi connectivity index (χ3v) is 3.25. The minimum atomic E-state index is -0.128. The van der Waals surface area contributed by atoms with Crippen molar-refractivity contribution in [3.63, 3.8) is 0 Å². The van der Waals surface area contributed by atoms with Crippen LogP contribution < -0.4 is 5.32 Å². The van der Waals surface area contributed by atoms with E-state index in [0.717, 1.165) is 11.5 Å². The minimum absolute atomic E-state index is 0.128. The molecule has 0 radical (unpaired) electrons. The molecule has 1 amide bonds. The van der Waals surface area contributed by atoms with E-state index in [9.17, 15) is 4.79 Å². The summed E-state index contributed by atoms with van der Waals surface area (Å²) in [5.74, 6) is 0.607. The van der Waals surface area contributed by atoms with Crippen molar-refractivity contribution < 1.29 is 4.79 Å². The van der Waals surface area contributed by atoms with Crippen LogP contribution in [0.15, 0.2) is 24.3 Å². The highest BCUT2D eigenvalue weighted by Crippen LogP contribution is 2.17. The lowest BCUT2D eigenvalue weighted by molar-refractivity contribution is -0.114.